The molecule has 0 aromatic rings. The van der Waals surface area contributed by atoms with Crippen LogP contribution in [0.3, 0.4) is 0 Å². The zero-order valence-corrected chi connectivity index (χ0v) is 11.1. The topological polar surface area (TPSA) is 69.6 Å². The van der Waals surface area contributed by atoms with Crippen molar-refractivity contribution >= 4 is 11.9 Å². The van der Waals surface area contributed by atoms with Crippen molar-refractivity contribution in [3.05, 3.63) is 0 Å². The molecule has 2 aliphatic heterocycles. The highest BCUT2D eigenvalue weighted by Crippen LogP contribution is 2.27. The Labute approximate surface area is 108 Å². The Balaban J connectivity index is 1.94. The minimum absolute atomic E-state index is 0.0566. The van der Waals surface area contributed by atoms with Crippen LogP contribution < -0.4 is 5.32 Å². The molecule has 0 radical (unpaired) electrons. The second-order valence-corrected chi connectivity index (χ2v) is 5.62. The van der Waals surface area contributed by atoms with E-state index in [9.17, 15) is 9.59 Å². The van der Waals surface area contributed by atoms with Crippen LogP contribution in [0.2, 0.25) is 0 Å². The Morgan fingerprint density at radius 1 is 1.44 bits per heavy atom. The number of aliphatic carboxylic acids is 1. The normalized spacial score (nSPS) is 32.2. The third kappa shape index (κ3) is 2.66. The number of piperidine rings is 2. The van der Waals surface area contributed by atoms with Crippen molar-refractivity contribution in [2.24, 2.45) is 11.8 Å². The first-order valence-electron chi connectivity index (χ1n) is 6.75. The summed E-state index contributed by atoms with van der Waals surface area (Å²) in [5.41, 5.74) is 0. The van der Waals surface area contributed by atoms with Crippen LogP contribution >= 0.6 is 0 Å². The summed E-state index contributed by atoms with van der Waals surface area (Å²) in [6, 6.07) is 0.357. The first-order chi connectivity index (χ1) is 8.49. The highest BCUT2D eigenvalue weighted by atomic mass is 16.4. The molecule has 4 unspecified atom stereocenters. The number of likely N-dealkylation sites (tertiary alicyclic amines) is 1. The van der Waals surface area contributed by atoms with Gasteiger partial charge in [0.2, 0.25) is 5.91 Å². The molecule has 0 aromatic carbocycles. The van der Waals surface area contributed by atoms with Crippen LogP contribution in [0, 0.1) is 11.8 Å². The van der Waals surface area contributed by atoms with E-state index in [0.717, 1.165) is 25.9 Å². The van der Waals surface area contributed by atoms with Crippen molar-refractivity contribution in [2.75, 3.05) is 13.1 Å². The molecular weight excluding hydrogens is 232 g/mol. The zero-order chi connectivity index (χ0) is 13.3. The van der Waals surface area contributed by atoms with Crippen molar-refractivity contribution in [3.63, 3.8) is 0 Å². The van der Waals surface area contributed by atoms with E-state index in [1.807, 2.05) is 6.92 Å². The number of nitrogens with zero attached hydrogens (tertiary/aromatic N) is 1. The predicted molar refractivity (Wildman–Crippen MR) is 67.1 cm³/mol. The lowest BCUT2D eigenvalue weighted by atomic mass is 9.84. The highest BCUT2D eigenvalue weighted by Gasteiger charge is 2.36. The number of hydrogen-bond donors (Lipinski definition) is 2. The lowest BCUT2D eigenvalue weighted by Crippen LogP contribution is -2.56. The number of rotatable bonds is 3. The highest BCUT2D eigenvalue weighted by molar-refractivity contribution is 5.77. The number of carbonyl (C=O) groups excluding carboxylic acids is 1. The van der Waals surface area contributed by atoms with Crippen molar-refractivity contribution < 1.29 is 14.7 Å². The van der Waals surface area contributed by atoms with Crippen molar-refractivity contribution in [2.45, 2.75) is 45.2 Å². The minimum atomic E-state index is -0.735. The lowest BCUT2D eigenvalue weighted by Gasteiger charge is -2.44. The molecule has 0 aliphatic carbocycles. The fraction of sp³-hybridized carbons (Fsp3) is 0.846. The molecule has 2 N–H and O–H groups in total. The Morgan fingerprint density at radius 2 is 2.17 bits per heavy atom. The lowest BCUT2D eigenvalue weighted by molar-refractivity contribution is -0.143. The molecule has 2 aliphatic rings. The largest absolute Gasteiger partial charge is 0.481 e. The van der Waals surface area contributed by atoms with Crippen LogP contribution in [0.25, 0.3) is 0 Å². The number of hydrogen-bond acceptors (Lipinski definition) is 3. The Kier molecular flexibility index (Phi) is 3.90. The maximum Gasteiger partial charge on any atom is 0.307 e. The Morgan fingerprint density at radius 3 is 2.83 bits per heavy atom. The summed E-state index contributed by atoms with van der Waals surface area (Å²) in [6.45, 7) is 5.53. The van der Waals surface area contributed by atoms with E-state index in [1.54, 1.807) is 6.92 Å². The molecule has 5 heteroatoms. The summed E-state index contributed by atoms with van der Waals surface area (Å²) in [6.07, 6.45) is 2.48. The van der Waals surface area contributed by atoms with Gasteiger partial charge in [-0.2, -0.15) is 0 Å². The second kappa shape index (κ2) is 5.26. The number of carbonyl (C=O) groups is 2. The van der Waals surface area contributed by atoms with Gasteiger partial charge in [0.05, 0.1) is 5.92 Å². The molecule has 2 heterocycles. The van der Waals surface area contributed by atoms with Gasteiger partial charge in [-0.3, -0.25) is 14.5 Å². The summed E-state index contributed by atoms with van der Waals surface area (Å²) in [5.74, 6) is -0.433. The number of carboxylic acids is 1. The molecule has 0 bridgehead atoms. The van der Waals surface area contributed by atoms with E-state index in [-0.39, 0.29) is 17.9 Å². The molecule has 0 aromatic heterocycles. The first-order valence-corrected chi connectivity index (χ1v) is 6.75. The van der Waals surface area contributed by atoms with Gasteiger partial charge in [0, 0.05) is 31.6 Å². The fourth-order valence-electron chi connectivity index (χ4n) is 3.03. The summed E-state index contributed by atoms with van der Waals surface area (Å²) in [5, 5.41) is 12.1. The van der Waals surface area contributed by atoms with E-state index in [4.69, 9.17) is 5.11 Å². The molecular formula is C13H22N2O3. The maximum atomic E-state index is 11.3. The molecule has 0 saturated carbocycles. The summed E-state index contributed by atoms with van der Waals surface area (Å²) in [4.78, 5) is 24.6. The summed E-state index contributed by atoms with van der Waals surface area (Å²) in [7, 11) is 0. The summed E-state index contributed by atoms with van der Waals surface area (Å²) < 4.78 is 0. The molecule has 1 amide bonds. The van der Waals surface area contributed by atoms with Crippen LogP contribution in [0.1, 0.15) is 33.1 Å². The SMILES string of the molecule is CC(C(=O)O)C(C)N1CCC2NC(=O)CCC2C1. The van der Waals surface area contributed by atoms with Gasteiger partial charge in [0.15, 0.2) is 0 Å². The quantitative estimate of drug-likeness (QED) is 0.777. The maximum absolute atomic E-state index is 11.3. The monoisotopic (exact) mass is 254 g/mol. The molecule has 2 fully saturated rings. The fourth-order valence-corrected chi connectivity index (χ4v) is 3.03. The average molecular weight is 254 g/mol. The third-order valence-electron chi connectivity index (χ3n) is 4.54. The zero-order valence-electron chi connectivity index (χ0n) is 11.1. The average Bonchev–Trinajstić information content (AvgIpc) is 2.36. The van der Waals surface area contributed by atoms with Crippen molar-refractivity contribution in [1.29, 1.82) is 0 Å². The van der Waals surface area contributed by atoms with E-state index < -0.39 is 5.97 Å². The minimum Gasteiger partial charge on any atom is -0.481 e. The van der Waals surface area contributed by atoms with Gasteiger partial charge in [-0.05, 0) is 25.7 Å². The van der Waals surface area contributed by atoms with E-state index in [0.29, 0.717) is 18.4 Å². The molecule has 18 heavy (non-hydrogen) atoms. The Hall–Kier alpha value is -1.10. The molecule has 102 valence electrons. The number of nitrogens with one attached hydrogen (secondary N) is 1. The standard InChI is InChI=1S/C13H22N2O3/c1-8(13(17)18)9(2)15-6-5-11-10(7-15)3-4-12(16)14-11/h8-11H,3-7H2,1-2H3,(H,14,16)(H,17,18). The number of carboxylic acid groups (broad SMARTS) is 1. The van der Waals surface area contributed by atoms with Gasteiger partial charge >= 0.3 is 5.97 Å². The van der Waals surface area contributed by atoms with Crippen LogP contribution in [-0.2, 0) is 9.59 Å². The van der Waals surface area contributed by atoms with E-state index in [2.05, 4.69) is 10.2 Å². The van der Waals surface area contributed by atoms with Gasteiger partial charge < -0.3 is 10.4 Å². The van der Waals surface area contributed by atoms with Crippen LogP contribution in [0.4, 0.5) is 0 Å². The van der Waals surface area contributed by atoms with Gasteiger partial charge in [-0.25, -0.2) is 0 Å². The van der Waals surface area contributed by atoms with Gasteiger partial charge in [0.1, 0.15) is 0 Å². The molecule has 2 rings (SSSR count). The predicted octanol–water partition coefficient (Wildman–Crippen LogP) is 0.696. The third-order valence-corrected chi connectivity index (χ3v) is 4.54. The van der Waals surface area contributed by atoms with E-state index in [1.165, 1.54) is 0 Å². The smallest absolute Gasteiger partial charge is 0.307 e. The Bertz CT molecular complexity index is 345. The molecule has 4 atom stereocenters. The number of fused-ring (bicyclic) bond motifs is 1. The van der Waals surface area contributed by atoms with Crippen LogP contribution in [0.15, 0.2) is 0 Å². The number of amides is 1. The second-order valence-electron chi connectivity index (χ2n) is 5.62. The first kappa shape index (κ1) is 13.3. The van der Waals surface area contributed by atoms with Gasteiger partial charge in [-0.1, -0.05) is 6.92 Å². The molecule has 2 saturated heterocycles. The van der Waals surface area contributed by atoms with Crippen LogP contribution in [-0.4, -0.2) is 47.1 Å². The summed E-state index contributed by atoms with van der Waals surface area (Å²) >= 11 is 0. The molecule has 0 spiro atoms. The molecule has 5 nitrogen and oxygen atoms in total. The van der Waals surface area contributed by atoms with Crippen molar-refractivity contribution in [3.8, 4) is 0 Å². The van der Waals surface area contributed by atoms with Crippen LogP contribution in [0.5, 0.6) is 0 Å². The van der Waals surface area contributed by atoms with Gasteiger partial charge in [-0.15, -0.1) is 0 Å². The van der Waals surface area contributed by atoms with Gasteiger partial charge in [0.25, 0.3) is 0 Å². The van der Waals surface area contributed by atoms with E-state index >= 15 is 0 Å². The van der Waals surface area contributed by atoms with Crippen molar-refractivity contribution in [1.82, 2.24) is 10.2 Å².